The van der Waals surface area contributed by atoms with Crippen LogP contribution in [0.2, 0.25) is 5.02 Å². The Morgan fingerprint density at radius 1 is 1.27 bits per heavy atom. The molecular formula is C18H18ClF4N5O2. The average Bonchev–Trinajstić information content (AvgIpc) is 2.69. The van der Waals surface area contributed by atoms with Crippen molar-refractivity contribution in [1.82, 2.24) is 14.5 Å². The number of alkyl halides is 3. The molecule has 2 aromatic heterocycles. The lowest BCUT2D eigenvalue weighted by molar-refractivity contribution is -0.150. The maximum Gasteiger partial charge on any atom is 0.409 e. The van der Waals surface area contributed by atoms with E-state index < -0.39 is 30.0 Å². The van der Waals surface area contributed by atoms with Crippen molar-refractivity contribution in [2.24, 2.45) is 0 Å². The Labute approximate surface area is 173 Å². The zero-order valence-electron chi connectivity index (χ0n) is 15.9. The highest BCUT2D eigenvalue weighted by atomic mass is 35.5. The van der Waals surface area contributed by atoms with Gasteiger partial charge in [0, 0.05) is 19.3 Å². The molecule has 4 rings (SSSR count). The molecule has 1 fully saturated rings. The van der Waals surface area contributed by atoms with Crippen LogP contribution in [-0.2, 0) is 11.3 Å². The summed E-state index contributed by atoms with van der Waals surface area (Å²) in [7, 11) is 0. The summed E-state index contributed by atoms with van der Waals surface area (Å²) in [6, 6.07) is -0.966. The first-order chi connectivity index (χ1) is 14.2. The molecule has 12 heteroatoms. The molecule has 162 valence electrons. The minimum atomic E-state index is -4.62. The van der Waals surface area contributed by atoms with Crippen molar-refractivity contribution in [3.8, 4) is 0 Å². The molecule has 30 heavy (non-hydrogen) atoms. The second kappa shape index (κ2) is 7.69. The Morgan fingerprint density at radius 3 is 2.70 bits per heavy atom. The van der Waals surface area contributed by atoms with Gasteiger partial charge in [-0.25, -0.2) is 0 Å². The molecule has 0 saturated carbocycles. The van der Waals surface area contributed by atoms with E-state index in [1.807, 2.05) is 0 Å². The molecule has 7 nitrogen and oxygen atoms in total. The first-order valence-electron chi connectivity index (χ1n) is 9.29. The van der Waals surface area contributed by atoms with Crippen LogP contribution in [0.5, 0.6) is 0 Å². The fourth-order valence-electron chi connectivity index (χ4n) is 3.78. The van der Waals surface area contributed by atoms with Gasteiger partial charge in [-0.1, -0.05) is 11.6 Å². The summed E-state index contributed by atoms with van der Waals surface area (Å²) in [4.78, 5) is 23.2. The highest BCUT2D eigenvalue weighted by Crippen LogP contribution is 2.40. The predicted molar refractivity (Wildman–Crippen MR) is 102 cm³/mol. The Kier molecular flexibility index (Phi) is 5.35. The number of ether oxygens (including phenoxy) is 1. The Balaban J connectivity index is 1.92. The number of rotatable bonds is 2. The van der Waals surface area contributed by atoms with Gasteiger partial charge >= 0.3 is 6.18 Å². The summed E-state index contributed by atoms with van der Waals surface area (Å²) in [6.07, 6.45) is -2.58. The third-order valence-electron chi connectivity index (χ3n) is 5.22. The van der Waals surface area contributed by atoms with Crippen LogP contribution in [0.25, 0.3) is 0 Å². The second-order valence-electron chi connectivity index (χ2n) is 7.20. The molecule has 0 aliphatic carbocycles. The first-order valence-corrected chi connectivity index (χ1v) is 9.67. The molecule has 0 N–H and O–H groups in total. The maximum atomic E-state index is 14.9. The van der Waals surface area contributed by atoms with E-state index in [0.29, 0.717) is 0 Å². The molecule has 0 amide bonds. The number of hydrogen-bond donors (Lipinski definition) is 0. The van der Waals surface area contributed by atoms with E-state index in [4.69, 9.17) is 16.3 Å². The van der Waals surface area contributed by atoms with E-state index in [1.165, 1.54) is 23.4 Å². The fourth-order valence-corrected chi connectivity index (χ4v) is 3.95. The molecule has 2 aromatic rings. The monoisotopic (exact) mass is 447 g/mol. The molecule has 0 radical (unpaired) electrons. The Hall–Kier alpha value is -2.40. The lowest BCUT2D eigenvalue weighted by atomic mass is 10.1. The SMILES string of the molecule is C[C@@H]1COCCN1c1nc2n(c(=O)c1F)CC[C@@H](C(F)(F)F)N2c1cncc(Cl)c1. The van der Waals surface area contributed by atoms with Crippen molar-refractivity contribution in [2.45, 2.75) is 38.1 Å². The third kappa shape index (κ3) is 3.60. The quantitative estimate of drug-likeness (QED) is 0.659. The number of halogens is 5. The standard InChI is InChI=1S/C18H18ClF4N5O2/c1-10-9-30-5-4-26(10)15-14(20)16(29)27-3-2-13(18(21,22)23)28(17(27)25-15)12-6-11(19)7-24-8-12/h6-8,10,13H,2-5,9H2,1H3/t10-,13+/m1/s1. The van der Waals surface area contributed by atoms with Crippen LogP contribution < -0.4 is 15.4 Å². The van der Waals surface area contributed by atoms with Crippen LogP contribution in [0.15, 0.2) is 23.3 Å². The van der Waals surface area contributed by atoms with Gasteiger partial charge in [-0.05, 0) is 19.4 Å². The molecular weight excluding hydrogens is 430 g/mol. The van der Waals surface area contributed by atoms with Crippen LogP contribution in [0, 0.1) is 5.82 Å². The van der Waals surface area contributed by atoms with Crippen LogP contribution in [0.1, 0.15) is 13.3 Å². The molecule has 0 unspecified atom stereocenters. The number of pyridine rings is 1. The van der Waals surface area contributed by atoms with Gasteiger partial charge in [-0.2, -0.15) is 22.5 Å². The van der Waals surface area contributed by atoms with Crippen LogP contribution in [0.4, 0.5) is 35.0 Å². The number of anilines is 3. The van der Waals surface area contributed by atoms with Crippen molar-refractivity contribution in [3.05, 3.63) is 39.7 Å². The molecule has 2 aliphatic rings. The van der Waals surface area contributed by atoms with Gasteiger partial charge in [0.2, 0.25) is 11.8 Å². The van der Waals surface area contributed by atoms with Gasteiger partial charge < -0.3 is 9.64 Å². The van der Waals surface area contributed by atoms with Crippen molar-refractivity contribution in [3.63, 3.8) is 0 Å². The van der Waals surface area contributed by atoms with Gasteiger partial charge in [0.15, 0.2) is 5.82 Å². The normalized spacial score (nSPS) is 22.2. The van der Waals surface area contributed by atoms with Gasteiger partial charge in [-0.3, -0.25) is 19.2 Å². The summed E-state index contributed by atoms with van der Waals surface area (Å²) in [5, 5.41) is 0.122. The van der Waals surface area contributed by atoms with Crippen molar-refractivity contribution >= 4 is 29.1 Å². The lowest BCUT2D eigenvalue weighted by Crippen LogP contribution is -2.51. The maximum absolute atomic E-state index is 14.9. The van der Waals surface area contributed by atoms with E-state index in [2.05, 4.69) is 9.97 Å². The lowest BCUT2D eigenvalue weighted by Gasteiger charge is -2.40. The first kappa shape index (κ1) is 20.9. The molecule has 1 saturated heterocycles. The summed E-state index contributed by atoms with van der Waals surface area (Å²) >= 11 is 5.94. The Morgan fingerprint density at radius 2 is 2.03 bits per heavy atom. The number of nitrogens with zero attached hydrogens (tertiary/aromatic N) is 5. The zero-order valence-corrected chi connectivity index (χ0v) is 16.6. The minimum absolute atomic E-state index is 0.0118. The smallest absolute Gasteiger partial charge is 0.377 e. The predicted octanol–water partition coefficient (Wildman–Crippen LogP) is 3.13. The van der Waals surface area contributed by atoms with E-state index in [1.54, 1.807) is 6.92 Å². The Bertz CT molecular complexity index is 1020. The van der Waals surface area contributed by atoms with Gasteiger partial charge in [0.1, 0.15) is 6.04 Å². The highest BCUT2D eigenvalue weighted by Gasteiger charge is 2.48. The fraction of sp³-hybridized carbons (Fsp3) is 0.500. The number of morpholine rings is 1. The zero-order chi connectivity index (χ0) is 21.6. The van der Waals surface area contributed by atoms with Crippen molar-refractivity contribution in [1.29, 1.82) is 0 Å². The number of hydrogen-bond acceptors (Lipinski definition) is 6. The summed E-state index contributed by atoms with van der Waals surface area (Å²) in [5.41, 5.74) is -1.01. The second-order valence-corrected chi connectivity index (χ2v) is 7.64. The summed E-state index contributed by atoms with van der Waals surface area (Å²) in [6.45, 7) is 2.28. The largest absolute Gasteiger partial charge is 0.409 e. The number of fused-ring (bicyclic) bond motifs is 1. The van der Waals surface area contributed by atoms with E-state index in [9.17, 15) is 22.4 Å². The van der Waals surface area contributed by atoms with Gasteiger partial charge in [-0.15, -0.1) is 0 Å². The van der Waals surface area contributed by atoms with Crippen LogP contribution in [-0.4, -0.2) is 52.6 Å². The van der Waals surface area contributed by atoms with Crippen molar-refractivity contribution in [2.75, 3.05) is 29.6 Å². The molecule has 0 spiro atoms. The van der Waals surface area contributed by atoms with E-state index in [-0.39, 0.29) is 54.8 Å². The van der Waals surface area contributed by atoms with E-state index >= 15 is 0 Å². The minimum Gasteiger partial charge on any atom is -0.377 e. The van der Waals surface area contributed by atoms with Crippen LogP contribution in [0.3, 0.4) is 0 Å². The highest BCUT2D eigenvalue weighted by molar-refractivity contribution is 6.30. The summed E-state index contributed by atoms with van der Waals surface area (Å²) < 4.78 is 62.7. The average molecular weight is 448 g/mol. The summed E-state index contributed by atoms with van der Waals surface area (Å²) in [5.74, 6) is -1.68. The van der Waals surface area contributed by atoms with E-state index in [0.717, 1.165) is 9.47 Å². The topological polar surface area (TPSA) is 63.5 Å². The molecule has 2 atom stereocenters. The number of aromatic nitrogens is 3. The van der Waals surface area contributed by atoms with Gasteiger partial charge in [0.25, 0.3) is 5.56 Å². The van der Waals surface area contributed by atoms with Crippen LogP contribution >= 0.6 is 11.6 Å². The molecule has 0 bridgehead atoms. The third-order valence-corrected chi connectivity index (χ3v) is 5.42. The molecule has 2 aliphatic heterocycles. The van der Waals surface area contributed by atoms with Gasteiger partial charge in [0.05, 0.1) is 36.2 Å². The molecule has 4 heterocycles. The molecule has 0 aromatic carbocycles. The van der Waals surface area contributed by atoms with Crippen molar-refractivity contribution < 1.29 is 22.3 Å².